The molecule has 7 heteroatoms. The molecule has 0 spiro atoms. The van der Waals surface area contributed by atoms with E-state index in [0.717, 1.165) is 4.90 Å². The van der Waals surface area contributed by atoms with E-state index in [0.29, 0.717) is 11.3 Å². The standard InChI is InChI=1S/C19H20N2O4S/c1-12(18(23)21-15-10-8-14(9-11-15)17(20)22)25-19(24)13(2)26-16-6-4-3-5-7-16/h3-13H,1-2H3,(H2,20,22)(H,21,23)/t12-,13-/m0/s1. The first kappa shape index (κ1) is 19.5. The molecule has 136 valence electrons. The Morgan fingerprint density at radius 2 is 1.62 bits per heavy atom. The van der Waals surface area contributed by atoms with Crippen LogP contribution >= 0.6 is 11.8 Å². The fourth-order valence-electron chi connectivity index (χ4n) is 2.04. The third-order valence-electron chi connectivity index (χ3n) is 3.49. The molecule has 2 atom stereocenters. The van der Waals surface area contributed by atoms with Crippen molar-refractivity contribution in [1.29, 1.82) is 0 Å². The van der Waals surface area contributed by atoms with E-state index in [2.05, 4.69) is 5.32 Å². The first-order valence-electron chi connectivity index (χ1n) is 7.99. The van der Waals surface area contributed by atoms with Crippen molar-refractivity contribution in [3.63, 3.8) is 0 Å². The van der Waals surface area contributed by atoms with Gasteiger partial charge in [0.1, 0.15) is 5.25 Å². The minimum atomic E-state index is -0.947. The number of hydrogen-bond acceptors (Lipinski definition) is 5. The third-order valence-corrected chi connectivity index (χ3v) is 4.58. The Hall–Kier alpha value is -2.80. The minimum absolute atomic E-state index is 0.342. The minimum Gasteiger partial charge on any atom is -0.452 e. The van der Waals surface area contributed by atoms with Gasteiger partial charge in [-0.1, -0.05) is 18.2 Å². The fraction of sp³-hybridized carbons (Fsp3) is 0.211. The molecular formula is C19H20N2O4S. The zero-order valence-electron chi connectivity index (χ0n) is 14.5. The number of carbonyl (C=O) groups is 3. The zero-order valence-corrected chi connectivity index (χ0v) is 15.3. The van der Waals surface area contributed by atoms with Crippen LogP contribution in [0.25, 0.3) is 0 Å². The van der Waals surface area contributed by atoms with E-state index in [1.165, 1.54) is 30.8 Å². The molecule has 2 aromatic carbocycles. The topological polar surface area (TPSA) is 98.5 Å². The van der Waals surface area contributed by atoms with Crippen molar-refractivity contribution in [3.8, 4) is 0 Å². The Morgan fingerprint density at radius 3 is 2.19 bits per heavy atom. The second-order valence-corrected chi connectivity index (χ2v) is 7.00. The SMILES string of the molecule is C[C@H](OC(=O)[C@H](C)Sc1ccccc1)C(=O)Nc1ccc(C(N)=O)cc1. The number of anilines is 1. The quantitative estimate of drug-likeness (QED) is 0.575. The number of hydrogen-bond donors (Lipinski definition) is 2. The lowest BCUT2D eigenvalue weighted by Crippen LogP contribution is -2.32. The Kier molecular flexibility index (Phi) is 6.80. The maximum Gasteiger partial charge on any atom is 0.319 e. The fourth-order valence-corrected chi connectivity index (χ4v) is 2.91. The van der Waals surface area contributed by atoms with Gasteiger partial charge in [0.05, 0.1) is 0 Å². The third kappa shape index (κ3) is 5.63. The van der Waals surface area contributed by atoms with Crippen LogP contribution in [0.3, 0.4) is 0 Å². The molecular weight excluding hydrogens is 352 g/mol. The number of rotatable bonds is 7. The Balaban J connectivity index is 1.87. The molecule has 6 nitrogen and oxygen atoms in total. The zero-order chi connectivity index (χ0) is 19.1. The number of benzene rings is 2. The first-order valence-corrected chi connectivity index (χ1v) is 8.87. The summed E-state index contributed by atoms with van der Waals surface area (Å²) in [5.41, 5.74) is 5.99. The molecule has 3 N–H and O–H groups in total. The molecule has 0 aromatic heterocycles. The van der Waals surface area contributed by atoms with Crippen LogP contribution in [0, 0.1) is 0 Å². The van der Waals surface area contributed by atoms with Crippen LogP contribution in [-0.4, -0.2) is 29.1 Å². The number of thioether (sulfide) groups is 1. The Morgan fingerprint density at radius 1 is 1.00 bits per heavy atom. The summed E-state index contributed by atoms with van der Waals surface area (Å²) in [6, 6.07) is 15.6. The number of carbonyl (C=O) groups excluding carboxylic acids is 3. The second kappa shape index (κ2) is 9.05. The lowest BCUT2D eigenvalue weighted by molar-refractivity contribution is -0.152. The number of primary amides is 1. The van der Waals surface area contributed by atoms with Gasteiger partial charge in [0.25, 0.3) is 5.91 Å². The molecule has 0 bridgehead atoms. The monoisotopic (exact) mass is 372 g/mol. The van der Waals surface area contributed by atoms with E-state index >= 15 is 0 Å². The molecule has 0 saturated carbocycles. The molecule has 0 aliphatic carbocycles. The Labute approximate surface area is 156 Å². The highest BCUT2D eigenvalue weighted by atomic mass is 32.2. The van der Waals surface area contributed by atoms with Crippen molar-refractivity contribution in [1.82, 2.24) is 0 Å². The summed E-state index contributed by atoms with van der Waals surface area (Å²) >= 11 is 1.36. The van der Waals surface area contributed by atoms with Gasteiger partial charge in [0.2, 0.25) is 5.91 Å². The van der Waals surface area contributed by atoms with Gasteiger partial charge in [0.15, 0.2) is 6.10 Å². The average molecular weight is 372 g/mol. The first-order chi connectivity index (χ1) is 12.4. The predicted octanol–water partition coefficient (Wildman–Crippen LogP) is 2.84. The molecule has 0 radical (unpaired) electrons. The van der Waals surface area contributed by atoms with Gasteiger partial charge in [-0.2, -0.15) is 0 Å². The molecule has 2 amide bonds. The highest BCUT2D eigenvalue weighted by Gasteiger charge is 2.22. The van der Waals surface area contributed by atoms with Crippen LogP contribution in [-0.2, 0) is 14.3 Å². The van der Waals surface area contributed by atoms with Gasteiger partial charge in [-0.25, -0.2) is 0 Å². The number of esters is 1. The molecule has 2 rings (SSSR count). The summed E-state index contributed by atoms with van der Waals surface area (Å²) in [6.07, 6.45) is -0.947. The normalized spacial score (nSPS) is 12.7. The van der Waals surface area contributed by atoms with Crippen LogP contribution < -0.4 is 11.1 Å². The van der Waals surface area contributed by atoms with E-state index in [1.807, 2.05) is 30.3 Å². The van der Waals surface area contributed by atoms with Crippen LogP contribution in [0.15, 0.2) is 59.5 Å². The smallest absolute Gasteiger partial charge is 0.319 e. The molecule has 0 unspecified atom stereocenters. The lowest BCUT2D eigenvalue weighted by atomic mass is 10.2. The van der Waals surface area contributed by atoms with Gasteiger partial charge < -0.3 is 15.8 Å². The van der Waals surface area contributed by atoms with E-state index in [1.54, 1.807) is 19.1 Å². The summed E-state index contributed by atoms with van der Waals surface area (Å²) in [5, 5.41) is 2.18. The summed E-state index contributed by atoms with van der Waals surface area (Å²) < 4.78 is 5.23. The summed E-state index contributed by atoms with van der Waals surface area (Å²) in [4.78, 5) is 36.3. The number of amides is 2. The molecule has 0 heterocycles. The maximum absolute atomic E-state index is 12.2. The van der Waals surface area contributed by atoms with Crippen LogP contribution in [0.4, 0.5) is 5.69 Å². The average Bonchev–Trinajstić information content (AvgIpc) is 2.62. The highest BCUT2D eigenvalue weighted by molar-refractivity contribution is 8.00. The molecule has 0 aliphatic heterocycles. The van der Waals surface area contributed by atoms with E-state index in [-0.39, 0.29) is 0 Å². The summed E-state index contributed by atoms with van der Waals surface area (Å²) in [6.45, 7) is 3.23. The second-order valence-electron chi connectivity index (χ2n) is 5.58. The van der Waals surface area contributed by atoms with Gasteiger partial charge >= 0.3 is 5.97 Å². The van der Waals surface area contributed by atoms with Crippen molar-refractivity contribution >= 4 is 35.2 Å². The predicted molar refractivity (Wildman–Crippen MR) is 101 cm³/mol. The van der Waals surface area contributed by atoms with Crippen molar-refractivity contribution in [2.75, 3.05) is 5.32 Å². The number of ether oxygens (including phenoxy) is 1. The maximum atomic E-state index is 12.2. The Bertz CT molecular complexity index is 778. The lowest BCUT2D eigenvalue weighted by Gasteiger charge is -2.16. The van der Waals surface area contributed by atoms with Gasteiger partial charge in [0, 0.05) is 16.1 Å². The molecule has 26 heavy (non-hydrogen) atoms. The summed E-state index contributed by atoms with van der Waals surface area (Å²) in [5.74, 6) is -1.47. The van der Waals surface area contributed by atoms with Crippen molar-refractivity contribution < 1.29 is 19.1 Å². The van der Waals surface area contributed by atoms with Gasteiger partial charge in [-0.15, -0.1) is 11.8 Å². The van der Waals surface area contributed by atoms with E-state index < -0.39 is 29.1 Å². The van der Waals surface area contributed by atoms with Gasteiger partial charge in [-0.05, 0) is 50.2 Å². The van der Waals surface area contributed by atoms with Crippen LogP contribution in [0.1, 0.15) is 24.2 Å². The van der Waals surface area contributed by atoms with Gasteiger partial charge in [-0.3, -0.25) is 14.4 Å². The highest BCUT2D eigenvalue weighted by Crippen LogP contribution is 2.23. The van der Waals surface area contributed by atoms with Crippen molar-refractivity contribution in [3.05, 3.63) is 60.2 Å². The van der Waals surface area contributed by atoms with Crippen molar-refractivity contribution in [2.45, 2.75) is 30.1 Å². The van der Waals surface area contributed by atoms with E-state index in [9.17, 15) is 14.4 Å². The van der Waals surface area contributed by atoms with Crippen LogP contribution in [0.2, 0.25) is 0 Å². The van der Waals surface area contributed by atoms with E-state index in [4.69, 9.17) is 10.5 Å². The molecule has 0 aliphatic rings. The van der Waals surface area contributed by atoms with Crippen LogP contribution in [0.5, 0.6) is 0 Å². The molecule has 0 fully saturated rings. The molecule has 0 saturated heterocycles. The van der Waals surface area contributed by atoms with Crippen molar-refractivity contribution in [2.24, 2.45) is 5.73 Å². The largest absolute Gasteiger partial charge is 0.452 e. The number of nitrogens with one attached hydrogen (secondary N) is 1. The number of nitrogens with two attached hydrogens (primary N) is 1. The summed E-state index contributed by atoms with van der Waals surface area (Å²) in [7, 11) is 0. The molecule has 2 aromatic rings.